The van der Waals surface area contributed by atoms with Crippen molar-refractivity contribution in [1.82, 2.24) is 5.32 Å². The Hall–Kier alpha value is -2.51. The molecule has 0 radical (unpaired) electrons. The molecule has 1 rings (SSSR count). The van der Waals surface area contributed by atoms with E-state index in [1.54, 1.807) is 6.92 Å². The van der Waals surface area contributed by atoms with Crippen molar-refractivity contribution in [3.63, 3.8) is 0 Å². The highest BCUT2D eigenvalue weighted by molar-refractivity contribution is 5.94. The first-order valence-corrected chi connectivity index (χ1v) is 6.25. The van der Waals surface area contributed by atoms with Gasteiger partial charge in [0, 0.05) is 24.6 Å². The fourth-order valence-corrected chi connectivity index (χ4v) is 1.64. The first-order chi connectivity index (χ1) is 9.81. The SMILES string of the molecule is CC(CCC(=O)O)CNC(=O)c1ccc([N+](=O)[O-])c(F)c1. The van der Waals surface area contributed by atoms with Crippen LogP contribution < -0.4 is 5.32 Å². The molecule has 21 heavy (non-hydrogen) atoms. The van der Waals surface area contributed by atoms with Crippen LogP contribution in [0.15, 0.2) is 18.2 Å². The number of nitrogens with one attached hydrogen (secondary N) is 1. The lowest BCUT2D eigenvalue weighted by atomic mass is 10.1. The minimum Gasteiger partial charge on any atom is -0.481 e. The molecule has 1 amide bonds. The van der Waals surface area contributed by atoms with Gasteiger partial charge in [0.05, 0.1) is 4.92 Å². The van der Waals surface area contributed by atoms with E-state index in [-0.39, 0.29) is 24.4 Å². The zero-order valence-corrected chi connectivity index (χ0v) is 11.3. The predicted molar refractivity (Wildman–Crippen MR) is 71.4 cm³/mol. The highest BCUT2D eigenvalue weighted by Gasteiger charge is 2.17. The molecular formula is C13H15FN2O5. The summed E-state index contributed by atoms with van der Waals surface area (Å²) in [6, 6.07) is 2.89. The minimum atomic E-state index is -1.08. The first-order valence-electron chi connectivity index (χ1n) is 6.25. The van der Waals surface area contributed by atoms with Gasteiger partial charge in [-0.15, -0.1) is 0 Å². The Morgan fingerprint density at radius 3 is 2.67 bits per heavy atom. The fraction of sp³-hybridized carbons (Fsp3) is 0.385. The predicted octanol–water partition coefficient (Wildman–Crippen LogP) is 1.96. The number of aliphatic carboxylic acids is 1. The van der Waals surface area contributed by atoms with E-state index in [1.807, 2.05) is 0 Å². The number of halogens is 1. The van der Waals surface area contributed by atoms with Crippen molar-refractivity contribution in [1.29, 1.82) is 0 Å². The summed E-state index contributed by atoms with van der Waals surface area (Å²) in [7, 11) is 0. The molecule has 0 bridgehead atoms. The van der Waals surface area contributed by atoms with Gasteiger partial charge in [-0.2, -0.15) is 4.39 Å². The molecule has 0 aliphatic heterocycles. The number of benzene rings is 1. The number of hydrogen-bond acceptors (Lipinski definition) is 4. The number of nitro groups is 1. The highest BCUT2D eigenvalue weighted by atomic mass is 19.1. The van der Waals surface area contributed by atoms with Crippen LogP contribution in [0.3, 0.4) is 0 Å². The van der Waals surface area contributed by atoms with Gasteiger partial charge in [-0.3, -0.25) is 19.7 Å². The highest BCUT2D eigenvalue weighted by Crippen LogP contribution is 2.18. The smallest absolute Gasteiger partial charge is 0.304 e. The van der Waals surface area contributed by atoms with Crippen molar-refractivity contribution in [3.8, 4) is 0 Å². The van der Waals surface area contributed by atoms with Crippen molar-refractivity contribution in [2.75, 3.05) is 6.54 Å². The third-order valence-corrected chi connectivity index (χ3v) is 2.87. The van der Waals surface area contributed by atoms with Gasteiger partial charge in [-0.1, -0.05) is 6.92 Å². The second-order valence-electron chi connectivity index (χ2n) is 4.67. The zero-order chi connectivity index (χ0) is 16.0. The summed E-state index contributed by atoms with van der Waals surface area (Å²) in [5.74, 6) is -2.60. The summed E-state index contributed by atoms with van der Waals surface area (Å²) in [6.45, 7) is 2.02. The molecule has 8 heteroatoms. The van der Waals surface area contributed by atoms with E-state index in [4.69, 9.17) is 5.11 Å². The number of amides is 1. The minimum absolute atomic E-state index is 0.00317. The number of carboxylic acid groups (broad SMARTS) is 1. The maximum Gasteiger partial charge on any atom is 0.304 e. The second kappa shape index (κ2) is 7.32. The molecule has 0 aliphatic rings. The van der Waals surface area contributed by atoms with Crippen LogP contribution in [-0.4, -0.2) is 28.5 Å². The van der Waals surface area contributed by atoms with Gasteiger partial charge in [-0.05, 0) is 24.5 Å². The van der Waals surface area contributed by atoms with Crippen molar-refractivity contribution >= 4 is 17.6 Å². The van der Waals surface area contributed by atoms with Gasteiger partial charge in [-0.25, -0.2) is 0 Å². The van der Waals surface area contributed by atoms with Gasteiger partial charge in [0.15, 0.2) is 0 Å². The molecule has 0 saturated carbocycles. The summed E-state index contributed by atoms with van der Waals surface area (Å²) in [5, 5.41) is 21.5. The van der Waals surface area contributed by atoms with Gasteiger partial charge in [0.25, 0.3) is 5.91 Å². The summed E-state index contributed by atoms with van der Waals surface area (Å²) in [4.78, 5) is 31.8. The van der Waals surface area contributed by atoms with Crippen LogP contribution in [0, 0.1) is 21.8 Å². The van der Waals surface area contributed by atoms with E-state index in [0.29, 0.717) is 6.42 Å². The van der Waals surface area contributed by atoms with Crippen molar-refractivity contribution in [3.05, 3.63) is 39.7 Å². The van der Waals surface area contributed by atoms with Crippen LogP contribution in [0.2, 0.25) is 0 Å². The van der Waals surface area contributed by atoms with E-state index in [2.05, 4.69) is 5.32 Å². The Bertz CT molecular complexity index is 561. The molecule has 1 aromatic rings. The fourth-order valence-electron chi connectivity index (χ4n) is 1.64. The molecule has 7 nitrogen and oxygen atoms in total. The average Bonchev–Trinajstić information content (AvgIpc) is 2.41. The van der Waals surface area contributed by atoms with E-state index in [9.17, 15) is 24.1 Å². The maximum absolute atomic E-state index is 13.4. The third kappa shape index (κ3) is 5.17. The Balaban J connectivity index is 2.58. The topological polar surface area (TPSA) is 110 Å². The third-order valence-electron chi connectivity index (χ3n) is 2.87. The molecule has 0 fully saturated rings. The van der Waals surface area contributed by atoms with Crippen LogP contribution in [0.1, 0.15) is 30.1 Å². The number of hydrogen-bond donors (Lipinski definition) is 2. The summed E-state index contributed by atoms with van der Waals surface area (Å²) >= 11 is 0. The number of carbonyl (C=O) groups excluding carboxylic acids is 1. The van der Waals surface area contributed by atoms with E-state index < -0.39 is 28.3 Å². The van der Waals surface area contributed by atoms with Gasteiger partial charge in [0.1, 0.15) is 0 Å². The van der Waals surface area contributed by atoms with Crippen LogP contribution in [0.5, 0.6) is 0 Å². The summed E-state index contributed by atoms with van der Waals surface area (Å²) in [6.07, 6.45) is 0.410. The first kappa shape index (κ1) is 16.5. The number of nitrogens with zero attached hydrogens (tertiary/aromatic N) is 1. The maximum atomic E-state index is 13.4. The Labute approximate surface area is 119 Å². The van der Waals surface area contributed by atoms with Gasteiger partial charge >= 0.3 is 11.7 Å². The second-order valence-corrected chi connectivity index (χ2v) is 4.67. The van der Waals surface area contributed by atoms with Crippen molar-refractivity contribution in [2.45, 2.75) is 19.8 Å². The van der Waals surface area contributed by atoms with Gasteiger partial charge in [0.2, 0.25) is 5.82 Å². The molecule has 1 unspecified atom stereocenters. The van der Waals surface area contributed by atoms with Crippen molar-refractivity contribution < 1.29 is 24.0 Å². The molecule has 1 atom stereocenters. The van der Waals surface area contributed by atoms with Crippen LogP contribution in [0.25, 0.3) is 0 Å². The van der Waals surface area contributed by atoms with E-state index in [0.717, 1.165) is 12.1 Å². The van der Waals surface area contributed by atoms with Gasteiger partial charge < -0.3 is 10.4 Å². The Kier molecular flexibility index (Phi) is 5.77. The Morgan fingerprint density at radius 1 is 1.48 bits per heavy atom. The molecule has 2 N–H and O–H groups in total. The number of rotatable bonds is 7. The molecule has 1 aromatic carbocycles. The van der Waals surface area contributed by atoms with E-state index in [1.165, 1.54) is 6.07 Å². The van der Waals surface area contributed by atoms with E-state index >= 15 is 0 Å². The zero-order valence-electron chi connectivity index (χ0n) is 11.3. The molecule has 0 saturated heterocycles. The molecule has 114 valence electrons. The normalized spacial score (nSPS) is 11.7. The van der Waals surface area contributed by atoms with Crippen LogP contribution in [0.4, 0.5) is 10.1 Å². The average molecular weight is 298 g/mol. The molecular weight excluding hydrogens is 283 g/mol. The molecule has 0 aromatic heterocycles. The molecule has 0 aliphatic carbocycles. The lowest BCUT2D eigenvalue weighted by Gasteiger charge is -2.11. The van der Waals surface area contributed by atoms with Crippen molar-refractivity contribution in [2.24, 2.45) is 5.92 Å². The largest absolute Gasteiger partial charge is 0.481 e. The number of nitro benzene ring substituents is 1. The van der Waals surface area contributed by atoms with Crippen LogP contribution >= 0.6 is 0 Å². The lowest BCUT2D eigenvalue weighted by Crippen LogP contribution is -2.28. The van der Waals surface area contributed by atoms with Crippen LogP contribution in [-0.2, 0) is 4.79 Å². The lowest BCUT2D eigenvalue weighted by molar-refractivity contribution is -0.387. The Morgan fingerprint density at radius 2 is 2.14 bits per heavy atom. The summed E-state index contributed by atoms with van der Waals surface area (Å²) in [5.41, 5.74) is -0.718. The molecule has 0 spiro atoms. The monoisotopic (exact) mass is 298 g/mol. The standard InChI is InChI=1S/C13H15FN2O5/c1-8(2-5-12(17)18)7-15-13(19)9-3-4-11(16(20)21)10(14)6-9/h3-4,6,8H,2,5,7H2,1H3,(H,15,19)(H,17,18). The number of carboxylic acids is 1. The summed E-state index contributed by atoms with van der Waals surface area (Å²) < 4.78 is 13.4. The number of carbonyl (C=O) groups is 2. The molecule has 0 heterocycles. The quantitative estimate of drug-likeness (QED) is 0.590.